The van der Waals surface area contributed by atoms with Crippen molar-refractivity contribution < 1.29 is 14.3 Å². The SMILES string of the molecule is COC(=O)[C@H]1N[C@@H](c2ccccc2)[C@H]2C(=O)CC[C@H]21. The van der Waals surface area contributed by atoms with E-state index in [0.29, 0.717) is 6.42 Å². The standard InChI is InChI=1S/C15H17NO3/c1-19-15(18)14-10-7-8-11(17)12(10)13(16-14)9-5-3-2-4-6-9/h2-6,10,12-14,16H,7-8H2,1H3/t10-,12-,13+,14+/m1/s1. The van der Waals surface area contributed by atoms with Crippen LogP contribution in [0.15, 0.2) is 30.3 Å². The van der Waals surface area contributed by atoms with Crippen LogP contribution < -0.4 is 5.32 Å². The van der Waals surface area contributed by atoms with Crippen molar-refractivity contribution >= 4 is 11.8 Å². The summed E-state index contributed by atoms with van der Waals surface area (Å²) in [6, 6.07) is 9.44. The highest BCUT2D eigenvalue weighted by Gasteiger charge is 2.53. The van der Waals surface area contributed by atoms with Crippen LogP contribution >= 0.6 is 0 Å². The molecule has 1 N–H and O–H groups in total. The molecule has 19 heavy (non-hydrogen) atoms. The number of rotatable bonds is 2. The van der Waals surface area contributed by atoms with E-state index in [4.69, 9.17) is 4.74 Å². The molecule has 0 unspecified atom stereocenters. The number of Topliss-reactive ketones (excluding diaryl/α,β-unsaturated/α-hetero) is 1. The fraction of sp³-hybridized carbons (Fsp3) is 0.467. The number of ether oxygens (including phenoxy) is 1. The van der Waals surface area contributed by atoms with E-state index in [1.54, 1.807) is 0 Å². The minimum Gasteiger partial charge on any atom is -0.468 e. The molecule has 1 aliphatic heterocycles. The lowest BCUT2D eigenvalue weighted by Crippen LogP contribution is -2.37. The van der Waals surface area contributed by atoms with Crippen LogP contribution in [0, 0.1) is 11.8 Å². The number of ketones is 1. The van der Waals surface area contributed by atoms with Crippen LogP contribution in [0.1, 0.15) is 24.4 Å². The van der Waals surface area contributed by atoms with Crippen molar-refractivity contribution in [3.05, 3.63) is 35.9 Å². The summed E-state index contributed by atoms with van der Waals surface area (Å²) in [4.78, 5) is 23.9. The van der Waals surface area contributed by atoms with Crippen molar-refractivity contribution in [3.63, 3.8) is 0 Å². The molecule has 1 saturated carbocycles. The zero-order valence-electron chi connectivity index (χ0n) is 10.8. The molecule has 2 fully saturated rings. The summed E-state index contributed by atoms with van der Waals surface area (Å²) in [5.41, 5.74) is 1.07. The first-order chi connectivity index (χ1) is 9.22. The van der Waals surface area contributed by atoms with Gasteiger partial charge in [0.25, 0.3) is 0 Å². The normalized spacial score (nSPS) is 33.2. The summed E-state index contributed by atoms with van der Waals surface area (Å²) in [6.45, 7) is 0. The van der Waals surface area contributed by atoms with E-state index in [1.807, 2.05) is 30.3 Å². The van der Waals surface area contributed by atoms with E-state index >= 15 is 0 Å². The van der Waals surface area contributed by atoms with Gasteiger partial charge >= 0.3 is 5.97 Å². The predicted molar refractivity (Wildman–Crippen MR) is 69.3 cm³/mol. The Morgan fingerprint density at radius 3 is 2.74 bits per heavy atom. The maximum absolute atomic E-state index is 12.1. The van der Waals surface area contributed by atoms with Crippen LogP contribution in [0.25, 0.3) is 0 Å². The lowest BCUT2D eigenvalue weighted by Gasteiger charge is -2.17. The monoisotopic (exact) mass is 259 g/mol. The number of benzene rings is 1. The molecule has 0 spiro atoms. The molecule has 4 nitrogen and oxygen atoms in total. The van der Waals surface area contributed by atoms with E-state index in [1.165, 1.54) is 7.11 Å². The zero-order valence-corrected chi connectivity index (χ0v) is 10.8. The first kappa shape index (κ1) is 12.4. The second kappa shape index (κ2) is 4.78. The third kappa shape index (κ3) is 1.96. The average Bonchev–Trinajstić information content (AvgIpc) is 3.00. The van der Waals surface area contributed by atoms with Crippen LogP contribution in [0.5, 0.6) is 0 Å². The van der Waals surface area contributed by atoms with Gasteiger partial charge in [0, 0.05) is 18.4 Å². The summed E-state index contributed by atoms with van der Waals surface area (Å²) in [5, 5.41) is 3.30. The molecule has 1 heterocycles. The molecule has 1 saturated heterocycles. The molecule has 1 aromatic rings. The van der Waals surface area contributed by atoms with Crippen molar-refractivity contribution in [1.82, 2.24) is 5.32 Å². The zero-order chi connectivity index (χ0) is 13.4. The predicted octanol–water partition coefficient (Wildman–Crippen LogP) is 1.47. The lowest BCUT2D eigenvalue weighted by atomic mass is 9.87. The number of hydrogen-bond donors (Lipinski definition) is 1. The molecule has 4 atom stereocenters. The molecule has 2 aliphatic rings. The van der Waals surface area contributed by atoms with Gasteiger partial charge in [-0.2, -0.15) is 0 Å². The Labute approximate surface area is 112 Å². The highest BCUT2D eigenvalue weighted by atomic mass is 16.5. The van der Waals surface area contributed by atoms with E-state index in [2.05, 4.69) is 5.32 Å². The van der Waals surface area contributed by atoms with Gasteiger partial charge in [-0.3, -0.25) is 14.9 Å². The molecule has 1 aromatic carbocycles. The van der Waals surface area contributed by atoms with Gasteiger partial charge in [0.1, 0.15) is 11.8 Å². The second-order valence-electron chi connectivity index (χ2n) is 5.25. The first-order valence-corrected chi connectivity index (χ1v) is 6.64. The summed E-state index contributed by atoms with van der Waals surface area (Å²) in [6.07, 6.45) is 1.35. The molecule has 1 aliphatic carbocycles. The Kier molecular flexibility index (Phi) is 3.11. The third-order valence-electron chi connectivity index (χ3n) is 4.32. The van der Waals surface area contributed by atoms with Crippen LogP contribution in [0.3, 0.4) is 0 Å². The molecule has 0 amide bonds. The van der Waals surface area contributed by atoms with Gasteiger partial charge in [0.2, 0.25) is 0 Å². The summed E-state index contributed by atoms with van der Waals surface area (Å²) in [5.74, 6) is -0.0162. The fourth-order valence-corrected chi connectivity index (χ4v) is 3.46. The highest BCUT2D eigenvalue weighted by Crippen LogP contribution is 2.45. The van der Waals surface area contributed by atoms with Crippen molar-refractivity contribution in [3.8, 4) is 0 Å². The number of nitrogens with one attached hydrogen (secondary N) is 1. The van der Waals surface area contributed by atoms with Crippen LogP contribution in [-0.2, 0) is 14.3 Å². The number of hydrogen-bond acceptors (Lipinski definition) is 4. The Balaban J connectivity index is 1.93. The molecule has 0 radical (unpaired) electrons. The smallest absolute Gasteiger partial charge is 0.323 e. The van der Waals surface area contributed by atoms with Gasteiger partial charge < -0.3 is 4.74 Å². The quantitative estimate of drug-likeness (QED) is 0.817. The van der Waals surface area contributed by atoms with Gasteiger partial charge in [-0.25, -0.2) is 0 Å². The Morgan fingerprint density at radius 1 is 1.32 bits per heavy atom. The van der Waals surface area contributed by atoms with Gasteiger partial charge in [-0.1, -0.05) is 30.3 Å². The Hall–Kier alpha value is -1.68. The fourth-order valence-electron chi connectivity index (χ4n) is 3.46. The first-order valence-electron chi connectivity index (χ1n) is 6.64. The largest absolute Gasteiger partial charge is 0.468 e. The van der Waals surface area contributed by atoms with Crippen LogP contribution in [-0.4, -0.2) is 24.9 Å². The van der Waals surface area contributed by atoms with Gasteiger partial charge in [0.05, 0.1) is 7.11 Å². The minimum absolute atomic E-state index is 0.0645. The maximum atomic E-state index is 12.1. The molecule has 4 heteroatoms. The summed E-state index contributed by atoms with van der Waals surface area (Å²) < 4.78 is 4.85. The van der Waals surface area contributed by atoms with Crippen molar-refractivity contribution in [2.75, 3.05) is 7.11 Å². The van der Waals surface area contributed by atoms with Gasteiger partial charge in [-0.05, 0) is 17.9 Å². The maximum Gasteiger partial charge on any atom is 0.323 e. The van der Waals surface area contributed by atoms with Crippen molar-refractivity contribution in [2.24, 2.45) is 11.8 Å². The number of methoxy groups -OCH3 is 1. The molecule has 0 bridgehead atoms. The molecule has 100 valence electrons. The minimum atomic E-state index is -0.355. The van der Waals surface area contributed by atoms with Gasteiger partial charge in [-0.15, -0.1) is 0 Å². The number of esters is 1. The van der Waals surface area contributed by atoms with Crippen LogP contribution in [0.4, 0.5) is 0 Å². The van der Waals surface area contributed by atoms with Crippen molar-refractivity contribution in [1.29, 1.82) is 0 Å². The average molecular weight is 259 g/mol. The van der Waals surface area contributed by atoms with E-state index in [0.717, 1.165) is 12.0 Å². The van der Waals surface area contributed by atoms with Crippen LogP contribution in [0.2, 0.25) is 0 Å². The van der Waals surface area contributed by atoms with E-state index in [-0.39, 0.29) is 35.7 Å². The summed E-state index contributed by atoms with van der Waals surface area (Å²) >= 11 is 0. The van der Waals surface area contributed by atoms with E-state index < -0.39 is 0 Å². The molecule has 0 aromatic heterocycles. The number of carbonyl (C=O) groups excluding carboxylic acids is 2. The van der Waals surface area contributed by atoms with E-state index in [9.17, 15) is 9.59 Å². The second-order valence-corrected chi connectivity index (χ2v) is 5.25. The molecular weight excluding hydrogens is 242 g/mol. The molecular formula is C15H17NO3. The van der Waals surface area contributed by atoms with Gasteiger partial charge in [0.15, 0.2) is 0 Å². The van der Waals surface area contributed by atoms with Crippen molar-refractivity contribution in [2.45, 2.75) is 24.9 Å². The third-order valence-corrected chi connectivity index (χ3v) is 4.32. The Bertz CT molecular complexity index is 499. The number of carbonyl (C=O) groups is 2. The molecule has 3 rings (SSSR count). The highest BCUT2D eigenvalue weighted by molar-refractivity contribution is 5.88. The summed E-state index contributed by atoms with van der Waals surface area (Å²) in [7, 11) is 1.39. The topological polar surface area (TPSA) is 55.4 Å². The Morgan fingerprint density at radius 2 is 2.05 bits per heavy atom. The number of fused-ring (bicyclic) bond motifs is 1. The lowest BCUT2D eigenvalue weighted by molar-refractivity contribution is -0.143.